The van der Waals surface area contributed by atoms with Crippen molar-refractivity contribution >= 4 is 32.7 Å². The van der Waals surface area contributed by atoms with Gasteiger partial charge in [-0.1, -0.05) is 92.7 Å². The maximum atomic E-state index is 4.63. The zero-order valence-electron chi connectivity index (χ0n) is 24.1. The van der Waals surface area contributed by atoms with Crippen molar-refractivity contribution < 1.29 is 0 Å². The van der Waals surface area contributed by atoms with Crippen LogP contribution in [0.1, 0.15) is 25.0 Å². The van der Waals surface area contributed by atoms with Crippen molar-refractivity contribution in [2.45, 2.75) is 19.3 Å². The van der Waals surface area contributed by atoms with E-state index >= 15 is 0 Å². The van der Waals surface area contributed by atoms with E-state index in [9.17, 15) is 0 Å². The maximum Gasteiger partial charge on any atom is 0.0702 e. The molecule has 5 aromatic carbocycles. The van der Waals surface area contributed by atoms with E-state index in [1.807, 2.05) is 18.3 Å². The first-order chi connectivity index (χ1) is 21.1. The lowest BCUT2D eigenvalue weighted by atomic mass is 9.81. The average molecular weight is 552 g/mol. The normalized spacial score (nSPS) is 13.5. The van der Waals surface area contributed by atoms with Gasteiger partial charge >= 0.3 is 0 Å². The molecule has 43 heavy (non-hydrogen) atoms. The van der Waals surface area contributed by atoms with Crippen LogP contribution in [0.3, 0.4) is 0 Å². The zero-order valence-corrected chi connectivity index (χ0v) is 24.1. The molecule has 1 aliphatic rings. The summed E-state index contributed by atoms with van der Waals surface area (Å²) in [6.07, 6.45) is 1.86. The number of rotatable bonds is 3. The fraction of sp³-hybridized carbons (Fsp3) is 0.0750. The molecule has 8 aromatic rings. The van der Waals surface area contributed by atoms with Crippen LogP contribution in [-0.4, -0.2) is 14.1 Å². The third-order valence-electron chi connectivity index (χ3n) is 9.32. The smallest absolute Gasteiger partial charge is 0.0702 e. The number of hydrogen-bond donors (Lipinski definition) is 0. The molecule has 204 valence electrons. The Morgan fingerprint density at radius 3 is 2.14 bits per heavy atom. The van der Waals surface area contributed by atoms with Crippen molar-refractivity contribution in [3.63, 3.8) is 0 Å². The van der Waals surface area contributed by atoms with Crippen LogP contribution >= 0.6 is 0 Å². The molecule has 3 heterocycles. The number of para-hydroxylation sites is 2. The van der Waals surface area contributed by atoms with Crippen molar-refractivity contribution in [3.8, 4) is 33.9 Å². The van der Waals surface area contributed by atoms with Gasteiger partial charge in [-0.3, -0.25) is 4.98 Å². The molecule has 0 radical (unpaired) electrons. The molecule has 0 N–H and O–H groups in total. The quantitative estimate of drug-likeness (QED) is 0.214. The second kappa shape index (κ2) is 8.80. The summed E-state index contributed by atoms with van der Waals surface area (Å²) in [5.74, 6) is 0. The first kappa shape index (κ1) is 24.2. The summed E-state index contributed by atoms with van der Waals surface area (Å²) in [6, 6.07) is 48.2. The van der Waals surface area contributed by atoms with Crippen LogP contribution in [0.15, 0.2) is 140 Å². The minimum Gasteiger partial charge on any atom is -0.309 e. The van der Waals surface area contributed by atoms with E-state index in [0.717, 1.165) is 16.9 Å². The fourth-order valence-electron chi connectivity index (χ4n) is 7.47. The maximum absolute atomic E-state index is 4.63. The molecule has 3 aromatic heterocycles. The van der Waals surface area contributed by atoms with E-state index in [0.29, 0.717) is 0 Å². The molecule has 3 heteroatoms. The van der Waals surface area contributed by atoms with E-state index in [1.54, 1.807) is 0 Å². The van der Waals surface area contributed by atoms with Gasteiger partial charge < -0.3 is 9.13 Å². The van der Waals surface area contributed by atoms with Crippen molar-refractivity contribution in [2.24, 2.45) is 0 Å². The van der Waals surface area contributed by atoms with E-state index in [4.69, 9.17) is 0 Å². The Bertz CT molecular complexity index is 2360. The Labute approximate surface area is 250 Å². The molecule has 1 aliphatic carbocycles. The Kier molecular flexibility index (Phi) is 4.95. The number of pyridine rings is 1. The lowest BCUT2D eigenvalue weighted by molar-refractivity contribution is 0.666. The number of nitrogens with zero attached hydrogens (tertiary/aromatic N) is 3. The van der Waals surface area contributed by atoms with Crippen molar-refractivity contribution in [2.75, 3.05) is 0 Å². The molecule has 3 nitrogen and oxygen atoms in total. The van der Waals surface area contributed by atoms with Gasteiger partial charge in [0.1, 0.15) is 0 Å². The highest BCUT2D eigenvalue weighted by Crippen LogP contribution is 2.54. The first-order valence-corrected chi connectivity index (χ1v) is 14.9. The molecule has 0 spiro atoms. The largest absolute Gasteiger partial charge is 0.309 e. The van der Waals surface area contributed by atoms with Gasteiger partial charge in [-0.15, -0.1) is 0 Å². The summed E-state index contributed by atoms with van der Waals surface area (Å²) in [5.41, 5.74) is 13.3. The predicted octanol–water partition coefficient (Wildman–Crippen LogP) is 10.1. The minimum absolute atomic E-state index is 0.118. The van der Waals surface area contributed by atoms with Crippen LogP contribution in [0.25, 0.3) is 66.6 Å². The summed E-state index contributed by atoms with van der Waals surface area (Å²) < 4.78 is 4.91. The van der Waals surface area contributed by atoms with Gasteiger partial charge in [0.25, 0.3) is 0 Å². The van der Waals surface area contributed by atoms with Crippen LogP contribution in [-0.2, 0) is 5.41 Å². The molecular weight excluding hydrogens is 522 g/mol. The van der Waals surface area contributed by atoms with Gasteiger partial charge in [0.2, 0.25) is 0 Å². The third kappa shape index (κ3) is 3.33. The van der Waals surface area contributed by atoms with Crippen molar-refractivity contribution in [1.29, 1.82) is 0 Å². The summed E-state index contributed by atoms with van der Waals surface area (Å²) in [5, 5.41) is 3.85. The molecule has 0 aliphatic heterocycles. The Hall–Kier alpha value is -5.41. The van der Waals surface area contributed by atoms with E-state index in [2.05, 4.69) is 149 Å². The minimum atomic E-state index is -0.118. The fourth-order valence-corrected chi connectivity index (χ4v) is 7.47. The SMILES string of the molecule is CC1(C)c2ccccc2-c2c1c1cc3c4ccccc4n(-c4cccc(-c5ccccn5)c4)c3cc1n2-c1ccccc1. The highest BCUT2D eigenvalue weighted by Gasteiger charge is 2.40. The van der Waals surface area contributed by atoms with Crippen LogP contribution < -0.4 is 0 Å². The molecule has 0 atom stereocenters. The average Bonchev–Trinajstić information content (AvgIpc) is 3.65. The van der Waals surface area contributed by atoms with Crippen molar-refractivity contribution in [1.82, 2.24) is 14.1 Å². The summed E-state index contributed by atoms with van der Waals surface area (Å²) in [4.78, 5) is 4.63. The molecule has 0 saturated carbocycles. The monoisotopic (exact) mass is 551 g/mol. The Balaban J connectivity index is 1.42. The van der Waals surface area contributed by atoms with E-state index < -0.39 is 0 Å². The van der Waals surface area contributed by atoms with E-state index in [1.165, 1.54) is 60.8 Å². The highest BCUT2D eigenvalue weighted by molar-refractivity contribution is 6.15. The summed E-state index contributed by atoms with van der Waals surface area (Å²) in [7, 11) is 0. The van der Waals surface area contributed by atoms with Crippen LogP contribution in [0.4, 0.5) is 0 Å². The second-order valence-corrected chi connectivity index (χ2v) is 12.1. The van der Waals surface area contributed by atoms with Gasteiger partial charge in [-0.25, -0.2) is 0 Å². The molecule has 0 fully saturated rings. The molecule has 9 rings (SSSR count). The molecule has 0 saturated heterocycles. The van der Waals surface area contributed by atoms with Gasteiger partial charge in [0, 0.05) is 50.3 Å². The number of fused-ring (bicyclic) bond motifs is 8. The zero-order chi connectivity index (χ0) is 28.7. The predicted molar refractivity (Wildman–Crippen MR) is 178 cm³/mol. The van der Waals surface area contributed by atoms with E-state index in [-0.39, 0.29) is 5.41 Å². The Morgan fingerprint density at radius 2 is 1.28 bits per heavy atom. The molecule has 0 bridgehead atoms. The number of benzene rings is 5. The first-order valence-electron chi connectivity index (χ1n) is 14.9. The topological polar surface area (TPSA) is 22.8 Å². The van der Waals surface area contributed by atoms with Crippen LogP contribution in [0.5, 0.6) is 0 Å². The van der Waals surface area contributed by atoms with Crippen LogP contribution in [0, 0.1) is 0 Å². The number of aromatic nitrogens is 3. The van der Waals surface area contributed by atoms with Gasteiger partial charge in [-0.2, -0.15) is 0 Å². The van der Waals surface area contributed by atoms with Gasteiger partial charge in [0.15, 0.2) is 0 Å². The third-order valence-corrected chi connectivity index (χ3v) is 9.32. The van der Waals surface area contributed by atoms with Crippen LogP contribution in [0.2, 0.25) is 0 Å². The number of hydrogen-bond acceptors (Lipinski definition) is 1. The standard InChI is InChI=1S/C40H29N3/c1-40(2)33-19-8-6-18-30(33)39-38(40)32-24-31-29-17-7-9-21-35(29)42(28-16-12-13-26(23-28)34-20-10-11-22-41-34)36(31)25-37(32)43(39)27-14-4-3-5-15-27/h3-25H,1-2H3. The van der Waals surface area contributed by atoms with Crippen molar-refractivity contribution in [3.05, 3.63) is 151 Å². The van der Waals surface area contributed by atoms with Gasteiger partial charge in [0.05, 0.1) is 27.9 Å². The summed E-state index contributed by atoms with van der Waals surface area (Å²) in [6.45, 7) is 4.76. The second-order valence-electron chi connectivity index (χ2n) is 12.1. The summed E-state index contributed by atoms with van der Waals surface area (Å²) >= 11 is 0. The molecule has 0 unspecified atom stereocenters. The molecule has 0 amide bonds. The highest BCUT2D eigenvalue weighted by atomic mass is 15.0. The Morgan fingerprint density at radius 1 is 0.535 bits per heavy atom. The van der Waals surface area contributed by atoms with Gasteiger partial charge in [-0.05, 0) is 65.7 Å². The lowest BCUT2D eigenvalue weighted by Gasteiger charge is -2.21. The lowest BCUT2D eigenvalue weighted by Crippen LogP contribution is -2.14. The molecular formula is C40H29N3.